The Labute approximate surface area is 175 Å². The maximum Gasteiger partial charge on any atom is 0.231 e. The SMILES string of the molecule is c1cn(-c2ccc(Nc3nc(Nc4ccc5c(c4)OCO5)c4[nH]cnc4n3)cc2)cn1. The van der Waals surface area contributed by atoms with Gasteiger partial charge in [0.15, 0.2) is 23.0 Å². The van der Waals surface area contributed by atoms with Crippen molar-refractivity contribution < 1.29 is 9.47 Å². The predicted octanol–water partition coefficient (Wildman–Crippen LogP) is 3.75. The van der Waals surface area contributed by atoms with E-state index in [9.17, 15) is 0 Å². The van der Waals surface area contributed by atoms with Crippen molar-refractivity contribution in [1.29, 1.82) is 0 Å². The number of anilines is 4. The minimum Gasteiger partial charge on any atom is -0.454 e. The van der Waals surface area contributed by atoms with Gasteiger partial charge in [0.05, 0.1) is 12.7 Å². The molecule has 1 aliphatic heterocycles. The van der Waals surface area contributed by atoms with Gasteiger partial charge in [-0.05, 0) is 36.4 Å². The van der Waals surface area contributed by atoms with Gasteiger partial charge in [-0.1, -0.05) is 0 Å². The van der Waals surface area contributed by atoms with Crippen LogP contribution in [0, 0.1) is 0 Å². The van der Waals surface area contributed by atoms with E-state index in [1.807, 2.05) is 53.2 Å². The molecule has 0 saturated carbocycles. The number of hydrogen-bond acceptors (Lipinski definition) is 8. The van der Waals surface area contributed by atoms with E-state index in [0.29, 0.717) is 28.7 Å². The van der Waals surface area contributed by atoms with Crippen molar-refractivity contribution in [2.24, 2.45) is 0 Å². The zero-order chi connectivity index (χ0) is 20.6. The van der Waals surface area contributed by atoms with E-state index in [2.05, 4.69) is 35.6 Å². The number of rotatable bonds is 5. The predicted molar refractivity (Wildman–Crippen MR) is 114 cm³/mol. The van der Waals surface area contributed by atoms with Crippen LogP contribution < -0.4 is 20.1 Å². The van der Waals surface area contributed by atoms with Gasteiger partial charge in [-0.2, -0.15) is 9.97 Å². The molecule has 0 spiro atoms. The molecule has 0 radical (unpaired) electrons. The molecule has 1 aliphatic rings. The highest BCUT2D eigenvalue weighted by atomic mass is 16.7. The molecule has 6 rings (SSSR count). The first-order chi connectivity index (χ1) is 15.3. The molecule has 0 amide bonds. The summed E-state index contributed by atoms with van der Waals surface area (Å²) in [6.45, 7) is 0.227. The Bertz CT molecular complexity index is 1360. The van der Waals surface area contributed by atoms with Gasteiger partial charge >= 0.3 is 0 Å². The van der Waals surface area contributed by atoms with Crippen molar-refractivity contribution in [3.05, 3.63) is 67.5 Å². The lowest BCUT2D eigenvalue weighted by Gasteiger charge is -2.11. The smallest absolute Gasteiger partial charge is 0.231 e. The normalized spacial score (nSPS) is 12.3. The second-order valence-corrected chi connectivity index (χ2v) is 6.83. The lowest BCUT2D eigenvalue weighted by Crippen LogP contribution is -2.02. The van der Waals surface area contributed by atoms with Crippen LogP contribution in [0.4, 0.5) is 23.1 Å². The van der Waals surface area contributed by atoms with Crippen LogP contribution in [-0.2, 0) is 0 Å². The van der Waals surface area contributed by atoms with Gasteiger partial charge < -0.3 is 29.7 Å². The molecule has 10 nitrogen and oxygen atoms in total. The Morgan fingerprint density at radius 2 is 1.81 bits per heavy atom. The third-order valence-corrected chi connectivity index (χ3v) is 4.85. The maximum atomic E-state index is 5.46. The number of aromatic nitrogens is 6. The summed E-state index contributed by atoms with van der Waals surface area (Å²) in [5.74, 6) is 2.44. The second-order valence-electron chi connectivity index (χ2n) is 6.83. The first kappa shape index (κ1) is 17.3. The number of nitrogens with zero attached hydrogens (tertiary/aromatic N) is 5. The van der Waals surface area contributed by atoms with Crippen LogP contribution in [0.1, 0.15) is 0 Å². The van der Waals surface area contributed by atoms with E-state index in [1.54, 1.807) is 18.9 Å². The van der Waals surface area contributed by atoms with E-state index in [1.165, 1.54) is 0 Å². The zero-order valence-electron chi connectivity index (χ0n) is 16.1. The molecule has 0 unspecified atom stereocenters. The monoisotopic (exact) mass is 412 g/mol. The number of ether oxygens (including phenoxy) is 2. The van der Waals surface area contributed by atoms with Crippen LogP contribution in [-0.4, -0.2) is 36.3 Å². The van der Waals surface area contributed by atoms with Gasteiger partial charge in [-0.15, -0.1) is 0 Å². The number of H-pyrrole nitrogens is 1. The standard InChI is InChI=1S/C21H16N8O2/c1-4-15(29-8-7-22-11-29)5-2-13(1)26-21-27-19-18(23-10-24-19)20(28-21)25-14-3-6-16-17(9-14)31-12-30-16/h1-11H,12H2,(H3,23,24,25,26,27,28). The molecule has 4 heterocycles. The van der Waals surface area contributed by atoms with Crippen LogP contribution >= 0.6 is 0 Å². The highest BCUT2D eigenvalue weighted by molar-refractivity contribution is 5.86. The van der Waals surface area contributed by atoms with Gasteiger partial charge in [0.25, 0.3) is 0 Å². The number of imidazole rings is 2. The number of aromatic amines is 1. The van der Waals surface area contributed by atoms with Crippen LogP contribution in [0.3, 0.4) is 0 Å². The second kappa shape index (κ2) is 7.02. The molecule has 5 aromatic rings. The highest BCUT2D eigenvalue weighted by Gasteiger charge is 2.15. The largest absolute Gasteiger partial charge is 0.454 e. The van der Waals surface area contributed by atoms with Gasteiger partial charge in [0, 0.05) is 35.5 Å². The maximum absolute atomic E-state index is 5.46. The minimum atomic E-state index is 0.227. The van der Waals surface area contributed by atoms with Crippen molar-refractivity contribution in [2.75, 3.05) is 17.4 Å². The fourth-order valence-electron chi connectivity index (χ4n) is 3.35. The summed E-state index contributed by atoms with van der Waals surface area (Å²) >= 11 is 0. The summed E-state index contributed by atoms with van der Waals surface area (Å²) in [5, 5.41) is 6.55. The molecule has 0 fully saturated rings. The highest BCUT2D eigenvalue weighted by Crippen LogP contribution is 2.35. The Kier molecular flexibility index (Phi) is 3.91. The molecule has 0 bridgehead atoms. The fourth-order valence-corrected chi connectivity index (χ4v) is 3.35. The summed E-state index contributed by atoms with van der Waals surface area (Å²) in [6, 6.07) is 13.5. The van der Waals surface area contributed by atoms with E-state index >= 15 is 0 Å². The molecule has 0 saturated heterocycles. The molecule has 10 heteroatoms. The van der Waals surface area contributed by atoms with Gasteiger partial charge in [-0.25, -0.2) is 9.97 Å². The van der Waals surface area contributed by atoms with Crippen LogP contribution in [0.2, 0.25) is 0 Å². The molecule has 31 heavy (non-hydrogen) atoms. The fraction of sp³-hybridized carbons (Fsp3) is 0.0476. The zero-order valence-corrected chi connectivity index (χ0v) is 16.1. The Balaban J connectivity index is 1.29. The third-order valence-electron chi connectivity index (χ3n) is 4.85. The summed E-state index contributed by atoms with van der Waals surface area (Å²) in [5.41, 5.74) is 3.94. The van der Waals surface area contributed by atoms with Gasteiger partial charge in [0.2, 0.25) is 12.7 Å². The third kappa shape index (κ3) is 3.25. The molecule has 2 aromatic carbocycles. The van der Waals surface area contributed by atoms with E-state index in [-0.39, 0.29) is 6.79 Å². The van der Waals surface area contributed by atoms with Crippen LogP contribution in [0.15, 0.2) is 67.5 Å². The molecule has 3 aromatic heterocycles. The van der Waals surface area contributed by atoms with Crippen LogP contribution in [0.25, 0.3) is 16.9 Å². The average molecular weight is 412 g/mol. The van der Waals surface area contributed by atoms with Gasteiger partial charge in [-0.3, -0.25) is 0 Å². The Morgan fingerprint density at radius 3 is 2.68 bits per heavy atom. The van der Waals surface area contributed by atoms with Crippen molar-refractivity contribution in [3.63, 3.8) is 0 Å². The lowest BCUT2D eigenvalue weighted by atomic mass is 10.2. The van der Waals surface area contributed by atoms with Crippen molar-refractivity contribution in [3.8, 4) is 17.2 Å². The minimum absolute atomic E-state index is 0.227. The average Bonchev–Trinajstić information content (AvgIpc) is 3.55. The molecule has 152 valence electrons. The van der Waals surface area contributed by atoms with Crippen molar-refractivity contribution >= 4 is 34.3 Å². The van der Waals surface area contributed by atoms with E-state index in [0.717, 1.165) is 22.8 Å². The number of nitrogens with one attached hydrogen (secondary N) is 3. The quantitative estimate of drug-likeness (QED) is 0.400. The van der Waals surface area contributed by atoms with Crippen molar-refractivity contribution in [2.45, 2.75) is 0 Å². The molecule has 0 aliphatic carbocycles. The van der Waals surface area contributed by atoms with Crippen LogP contribution in [0.5, 0.6) is 11.5 Å². The first-order valence-corrected chi connectivity index (χ1v) is 9.55. The number of fused-ring (bicyclic) bond motifs is 2. The molecule has 0 atom stereocenters. The summed E-state index contributed by atoms with van der Waals surface area (Å²) < 4.78 is 12.8. The summed E-state index contributed by atoms with van der Waals surface area (Å²) in [4.78, 5) is 20.6. The molecule has 3 N–H and O–H groups in total. The van der Waals surface area contributed by atoms with Crippen molar-refractivity contribution in [1.82, 2.24) is 29.5 Å². The summed E-state index contributed by atoms with van der Waals surface area (Å²) in [6.07, 6.45) is 6.98. The number of benzene rings is 2. The lowest BCUT2D eigenvalue weighted by molar-refractivity contribution is 0.174. The molecular weight excluding hydrogens is 396 g/mol. The first-order valence-electron chi connectivity index (χ1n) is 9.55. The summed E-state index contributed by atoms with van der Waals surface area (Å²) in [7, 11) is 0. The topological polar surface area (TPSA) is 115 Å². The molecular formula is C21H16N8O2. The van der Waals surface area contributed by atoms with E-state index in [4.69, 9.17) is 9.47 Å². The Morgan fingerprint density at radius 1 is 0.935 bits per heavy atom. The van der Waals surface area contributed by atoms with Gasteiger partial charge in [0.1, 0.15) is 5.52 Å². The number of hydrogen-bond donors (Lipinski definition) is 3. The Hall–Kier alpha value is -4.60. The van der Waals surface area contributed by atoms with E-state index < -0.39 is 0 Å².